The predicted octanol–water partition coefficient (Wildman–Crippen LogP) is 7.92. The molecular weight excluding hydrogens is 546 g/mol. The number of rotatable bonds is 15. The minimum absolute atomic E-state index is 0.00694. The van der Waals surface area contributed by atoms with Gasteiger partial charge in [-0.3, -0.25) is 0 Å². The number of nitrogens with zero attached hydrogens (tertiary/aromatic N) is 6. The van der Waals surface area contributed by atoms with Crippen LogP contribution < -0.4 is 0 Å². The first-order chi connectivity index (χ1) is 18.0. The zero-order valence-corrected chi connectivity index (χ0v) is 26.3. The van der Waals surface area contributed by atoms with Gasteiger partial charge in [-0.15, -0.1) is 0 Å². The van der Waals surface area contributed by atoms with Crippen molar-refractivity contribution in [3.63, 3.8) is 0 Å². The molecule has 0 fully saturated rings. The van der Waals surface area contributed by atoms with Crippen LogP contribution in [0, 0.1) is 0 Å². The second-order valence-corrected chi connectivity index (χ2v) is 11.6. The summed E-state index contributed by atoms with van der Waals surface area (Å²) in [6.07, 6.45) is 12.4. The molecular formula is C28H46Cl2MnN6. The standard InChI is InChI=1S/C28H46N6.2ClH.Mn/c1-7-13-22-19-25(16-10-4)32(29-22)28(33-26(17-11-5)20-23(30-33)14-8-2)34-27(18-12-6)21-24(31-34)15-9-3;;;/h19-21,28H,7-18H2,1-6H3;2*1H;/q;;;+2/p-2. The Balaban J connectivity index is 0.00000153. The molecule has 0 saturated carbocycles. The maximum atomic E-state index is 5.18. The van der Waals surface area contributed by atoms with Crippen molar-refractivity contribution in [2.24, 2.45) is 0 Å². The van der Waals surface area contributed by atoms with Gasteiger partial charge in [-0.25, -0.2) is 14.0 Å². The second kappa shape index (κ2) is 17.3. The Morgan fingerprint density at radius 2 is 0.784 bits per heavy atom. The van der Waals surface area contributed by atoms with Crippen molar-refractivity contribution in [3.8, 4) is 0 Å². The molecule has 0 saturated heterocycles. The molecule has 6 nitrogen and oxygen atoms in total. The van der Waals surface area contributed by atoms with Crippen LogP contribution in [0.4, 0.5) is 0 Å². The van der Waals surface area contributed by atoms with Gasteiger partial charge in [0.05, 0.1) is 17.1 Å². The third-order valence-electron chi connectivity index (χ3n) is 6.28. The fraction of sp³-hybridized carbons (Fsp3) is 0.679. The molecule has 3 rings (SSSR count). The first-order valence-corrected chi connectivity index (χ1v) is 17.3. The molecule has 0 aliphatic carbocycles. The van der Waals surface area contributed by atoms with Crippen molar-refractivity contribution in [3.05, 3.63) is 52.4 Å². The molecule has 0 N–H and O–H groups in total. The number of hydrogen-bond acceptors (Lipinski definition) is 3. The number of halogens is 2. The van der Waals surface area contributed by atoms with E-state index in [0.29, 0.717) is 0 Å². The summed E-state index contributed by atoms with van der Waals surface area (Å²) in [7, 11) is 9.59. The van der Waals surface area contributed by atoms with E-state index in [2.05, 4.69) is 73.8 Å². The van der Waals surface area contributed by atoms with E-state index >= 15 is 0 Å². The van der Waals surface area contributed by atoms with E-state index in [1.165, 1.54) is 34.2 Å². The molecule has 9 heteroatoms. The molecule has 0 atom stereocenters. The van der Waals surface area contributed by atoms with Crippen LogP contribution in [-0.4, -0.2) is 29.3 Å². The van der Waals surface area contributed by atoms with Crippen molar-refractivity contribution >= 4 is 20.2 Å². The molecule has 3 aromatic heterocycles. The summed E-state index contributed by atoms with van der Waals surface area (Å²) in [5.74, 6) is 0. The van der Waals surface area contributed by atoms with Crippen molar-refractivity contribution in [2.45, 2.75) is 125 Å². The Bertz CT molecular complexity index is 913. The van der Waals surface area contributed by atoms with Crippen LogP contribution in [0.3, 0.4) is 0 Å². The van der Waals surface area contributed by atoms with Crippen LogP contribution in [-0.2, 0) is 51.7 Å². The summed E-state index contributed by atoms with van der Waals surface area (Å²) in [6, 6.07) is 6.93. The van der Waals surface area contributed by atoms with Gasteiger partial charge in [0.25, 0.3) is 0 Å². The van der Waals surface area contributed by atoms with Crippen molar-refractivity contribution in [2.75, 3.05) is 0 Å². The third-order valence-corrected chi connectivity index (χ3v) is 6.28. The molecule has 0 radical (unpaired) electrons. The Hall–Kier alpha value is -1.27. The van der Waals surface area contributed by atoms with Gasteiger partial charge in [0, 0.05) is 17.1 Å². The Labute approximate surface area is 239 Å². The van der Waals surface area contributed by atoms with Gasteiger partial charge in [0.15, 0.2) is 0 Å². The quantitative estimate of drug-likeness (QED) is 0.169. The third kappa shape index (κ3) is 8.88. The van der Waals surface area contributed by atoms with E-state index in [1.54, 1.807) is 0 Å². The molecule has 3 heterocycles. The zero-order chi connectivity index (χ0) is 27.2. The van der Waals surface area contributed by atoms with Crippen LogP contribution in [0.5, 0.6) is 0 Å². The summed E-state index contributed by atoms with van der Waals surface area (Å²) in [5, 5.41) is 15.5. The van der Waals surface area contributed by atoms with Crippen LogP contribution >= 0.6 is 20.2 Å². The molecule has 0 aliphatic rings. The van der Waals surface area contributed by atoms with Crippen molar-refractivity contribution < 1.29 is 13.1 Å². The van der Waals surface area contributed by atoms with Gasteiger partial charge in [-0.2, -0.15) is 15.3 Å². The van der Waals surface area contributed by atoms with Gasteiger partial charge in [-0.1, -0.05) is 80.1 Å². The molecule has 37 heavy (non-hydrogen) atoms. The van der Waals surface area contributed by atoms with Gasteiger partial charge in [0.1, 0.15) is 0 Å². The fourth-order valence-electron chi connectivity index (χ4n) is 4.84. The first-order valence-electron chi connectivity index (χ1n) is 14.1. The molecule has 0 amide bonds. The Kier molecular flexibility index (Phi) is 15.0. The molecule has 0 spiro atoms. The Morgan fingerprint density at radius 3 is 1.00 bits per heavy atom. The minimum atomic E-state index is -0.202. The average Bonchev–Trinajstić information content (AvgIpc) is 3.55. The maximum absolute atomic E-state index is 5.18. The number of aromatic nitrogens is 6. The summed E-state index contributed by atoms with van der Waals surface area (Å²) >= 11 is 0.00694. The molecule has 0 unspecified atom stereocenters. The predicted molar refractivity (Wildman–Crippen MR) is 152 cm³/mol. The second-order valence-electron chi connectivity index (χ2n) is 9.62. The van der Waals surface area contributed by atoms with E-state index in [0.717, 1.165) is 77.0 Å². The zero-order valence-electron chi connectivity index (χ0n) is 23.6. The topological polar surface area (TPSA) is 53.5 Å². The van der Waals surface area contributed by atoms with E-state index in [4.69, 9.17) is 35.5 Å². The van der Waals surface area contributed by atoms with Gasteiger partial charge in [-0.05, 0) is 56.7 Å². The van der Waals surface area contributed by atoms with E-state index in [9.17, 15) is 0 Å². The number of aryl methyl sites for hydroxylation is 6. The summed E-state index contributed by atoms with van der Waals surface area (Å²) < 4.78 is 6.70. The first kappa shape index (κ1) is 31.9. The fourth-order valence-corrected chi connectivity index (χ4v) is 4.84. The van der Waals surface area contributed by atoms with Gasteiger partial charge in [0.2, 0.25) is 6.29 Å². The average molecular weight is 593 g/mol. The van der Waals surface area contributed by atoms with Crippen LogP contribution in [0.15, 0.2) is 18.2 Å². The van der Waals surface area contributed by atoms with Crippen LogP contribution in [0.2, 0.25) is 0 Å². The van der Waals surface area contributed by atoms with Crippen molar-refractivity contribution in [1.29, 1.82) is 0 Å². The molecule has 0 aromatic carbocycles. The molecule has 0 bridgehead atoms. The number of hydrogen-bond donors (Lipinski definition) is 0. The van der Waals surface area contributed by atoms with E-state index < -0.39 is 0 Å². The summed E-state index contributed by atoms with van der Waals surface area (Å²) in [6.45, 7) is 13.4. The van der Waals surface area contributed by atoms with Crippen LogP contribution in [0.1, 0.15) is 121 Å². The normalized spacial score (nSPS) is 11.3. The SMILES string of the molecule is CCCc1cc(CCC)n(C(n2nc(CCC)cc2CCC)n2nc(CCC)cc2CCC)n1.[Cl][Mn][Cl]. The van der Waals surface area contributed by atoms with Gasteiger partial charge < -0.3 is 0 Å². The van der Waals surface area contributed by atoms with Crippen LogP contribution in [0.25, 0.3) is 0 Å². The summed E-state index contributed by atoms with van der Waals surface area (Å²) in [5.41, 5.74) is 7.36. The summed E-state index contributed by atoms with van der Waals surface area (Å²) in [4.78, 5) is 0. The molecule has 0 aliphatic heterocycles. The van der Waals surface area contributed by atoms with E-state index in [-0.39, 0.29) is 19.4 Å². The van der Waals surface area contributed by atoms with Crippen molar-refractivity contribution in [1.82, 2.24) is 29.3 Å². The van der Waals surface area contributed by atoms with Gasteiger partial charge >= 0.3 is 33.3 Å². The Morgan fingerprint density at radius 1 is 0.541 bits per heavy atom. The van der Waals surface area contributed by atoms with E-state index in [1.807, 2.05) is 0 Å². The molecule has 3 aromatic rings. The molecule has 209 valence electrons. The monoisotopic (exact) mass is 591 g/mol.